The Kier molecular flexibility index (Phi) is 1.86. The zero-order valence-electron chi connectivity index (χ0n) is 6.29. The van der Waals surface area contributed by atoms with Gasteiger partial charge in [-0.05, 0) is 17.7 Å². The molecule has 12 heavy (non-hydrogen) atoms. The Hall–Kier alpha value is -0.870. The number of nitrogens with two attached hydrogens (primary N) is 1. The molecule has 2 aromatic rings. The number of alkyl halides is 1. The Morgan fingerprint density at radius 2 is 2.33 bits per heavy atom. The van der Waals surface area contributed by atoms with Gasteiger partial charge in [0, 0.05) is 0 Å². The van der Waals surface area contributed by atoms with Crippen LogP contribution in [-0.4, -0.2) is 9.97 Å². The van der Waals surface area contributed by atoms with Crippen molar-refractivity contribution in [3.8, 4) is 0 Å². The lowest BCUT2D eigenvalue weighted by molar-refractivity contribution is 1.06. The SMILES string of the molecule is NC(Br)c1ccc2nc[nH]c2c1. The van der Waals surface area contributed by atoms with Crippen LogP contribution in [0.4, 0.5) is 0 Å². The molecule has 1 unspecified atom stereocenters. The first-order chi connectivity index (χ1) is 5.77. The molecule has 3 nitrogen and oxygen atoms in total. The third-order valence-electron chi connectivity index (χ3n) is 1.76. The predicted molar refractivity (Wildman–Crippen MR) is 51.9 cm³/mol. The maximum atomic E-state index is 5.66. The van der Waals surface area contributed by atoms with Gasteiger partial charge in [0.15, 0.2) is 0 Å². The zero-order chi connectivity index (χ0) is 8.55. The van der Waals surface area contributed by atoms with Crippen molar-refractivity contribution in [1.29, 1.82) is 0 Å². The van der Waals surface area contributed by atoms with Crippen LogP contribution in [0.15, 0.2) is 24.5 Å². The fourth-order valence-corrected chi connectivity index (χ4v) is 1.41. The summed E-state index contributed by atoms with van der Waals surface area (Å²) in [5, 5.41) is 0. The van der Waals surface area contributed by atoms with E-state index < -0.39 is 0 Å². The number of halogens is 1. The molecule has 0 amide bonds. The van der Waals surface area contributed by atoms with Gasteiger partial charge in [-0.15, -0.1) is 0 Å². The van der Waals surface area contributed by atoms with E-state index in [-0.39, 0.29) is 4.95 Å². The molecule has 1 atom stereocenters. The zero-order valence-corrected chi connectivity index (χ0v) is 7.88. The number of hydrogen-bond acceptors (Lipinski definition) is 2. The number of benzene rings is 1. The van der Waals surface area contributed by atoms with Crippen molar-refractivity contribution in [2.45, 2.75) is 4.95 Å². The van der Waals surface area contributed by atoms with Crippen LogP contribution in [0.3, 0.4) is 0 Å². The van der Waals surface area contributed by atoms with Crippen LogP contribution in [-0.2, 0) is 0 Å². The van der Waals surface area contributed by atoms with Gasteiger partial charge in [0.25, 0.3) is 0 Å². The summed E-state index contributed by atoms with van der Waals surface area (Å²) in [6.07, 6.45) is 1.67. The number of nitrogens with one attached hydrogen (secondary N) is 1. The molecule has 0 saturated heterocycles. The average Bonchev–Trinajstić information content (AvgIpc) is 2.49. The fraction of sp³-hybridized carbons (Fsp3) is 0.125. The molecule has 1 aromatic carbocycles. The van der Waals surface area contributed by atoms with Gasteiger partial charge in [0.05, 0.1) is 22.3 Å². The maximum Gasteiger partial charge on any atom is 0.0931 e. The Morgan fingerprint density at radius 1 is 1.50 bits per heavy atom. The predicted octanol–water partition coefficient (Wildman–Crippen LogP) is 1.92. The lowest BCUT2D eigenvalue weighted by Crippen LogP contribution is -2.00. The highest BCUT2D eigenvalue weighted by Crippen LogP contribution is 2.19. The molecule has 0 saturated carbocycles. The van der Waals surface area contributed by atoms with Gasteiger partial charge in [-0.1, -0.05) is 22.0 Å². The summed E-state index contributed by atoms with van der Waals surface area (Å²) in [5.74, 6) is 0. The van der Waals surface area contributed by atoms with Crippen LogP contribution in [0, 0.1) is 0 Å². The number of aromatic nitrogens is 2. The van der Waals surface area contributed by atoms with Gasteiger partial charge in [-0.2, -0.15) is 0 Å². The molecule has 62 valence electrons. The fourth-order valence-electron chi connectivity index (χ4n) is 1.12. The van der Waals surface area contributed by atoms with E-state index in [1.54, 1.807) is 6.33 Å². The standard InChI is InChI=1S/C8H8BrN3/c9-8(10)5-1-2-6-7(3-5)12-4-11-6/h1-4,8H,10H2,(H,11,12). The van der Waals surface area contributed by atoms with Gasteiger partial charge in [-0.25, -0.2) is 4.98 Å². The third kappa shape index (κ3) is 1.23. The maximum absolute atomic E-state index is 5.66. The van der Waals surface area contributed by atoms with E-state index in [0.717, 1.165) is 16.6 Å². The molecule has 4 heteroatoms. The van der Waals surface area contributed by atoms with E-state index in [4.69, 9.17) is 5.73 Å². The molecule has 0 radical (unpaired) electrons. The van der Waals surface area contributed by atoms with Crippen molar-refractivity contribution >= 4 is 27.0 Å². The van der Waals surface area contributed by atoms with Crippen LogP contribution < -0.4 is 5.73 Å². The largest absolute Gasteiger partial charge is 0.345 e. The highest BCUT2D eigenvalue weighted by Gasteiger charge is 2.02. The number of nitrogens with zero attached hydrogens (tertiary/aromatic N) is 1. The molecule has 1 aromatic heterocycles. The van der Waals surface area contributed by atoms with E-state index >= 15 is 0 Å². The Labute approximate surface area is 78.1 Å². The second kappa shape index (κ2) is 2.88. The van der Waals surface area contributed by atoms with E-state index in [2.05, 4.69) is 25.9 Å². The van der Waals surface area contributed by atoms with Gasteiger partial charge in [-0.3, -0.25) is 0 Å². The van der Waals surface area contributed by atoms with Crippen molar-refractivity contribution in [3.05, 3.63) is 30.1 Å². The number of fused-ring (bicyclic) bond motifs is 1. The molecular formula is C8H8BrN3. The van der Waals surface area contributed by atoms with Crippen molar-refractivity contribution in [2.75, 3.05) is 0 Å². The lowest BCUT2D eigenvalue weighted by atomic mass is 10.2. The summed E-state index contributed by atoms with van der Waals surface area (Å²) >= 11 is 3.30. The number of imidazole rings is 1. The summed E-state index contributed by atoms with van der Waals surface area (Å²) in [4.78, 5) is 7.03. The number of hydrogen-bond donors (Lipinski definition) is 2. The Morgan fingerprint density at radius 3 is 3.08 bits per heavy atom. The van der Waals surface area contributed by atoms with E-state index in [0.29, 0.717) is 0 Å². The molecular weight excluding hydrogens is 218 g/mol. The summed E-state index contributed by atoms with van der Waals surface area (Å²) in [7, 11) is 0. The van der Waals surface area contributed by atoms with Gasteiger partial charge in [0.1, 0.15) is 0 Å². The van der Waals surface area contributed by atoms with Crippen molar-refractivity contribution in [1.82, 2.24) is 9.97 Å². The molecule has 0 bridgehead atoms. The number of H-pyrrole nitrogens is 1. The molecule has 1 heterocycles. The van der Waals surface area contributed by atoms with Crippen LogP contribution in [0.2, 0.25) is 0 Å². The normalized spacial score (nSPS) is 13.5. The lowest BCUT2D eigenvalue weighted by Gasteiger charge is -2.01. The molecule has 0 fully saturated rings. The minimum atomic E-state index is -0.106. The second-order valence-corrected chi connectivity index (χ2v) is 3.57. The number of aromatic amines is 1. The van der Waals surface area contributed by atoms with E-state index in [9.17, 15) is 0 Å². The molecule has 0 aliphatic rings. The highest BCUT2D eigenvalue weighted by molar-refractivity contribution is 9.09. The first-order valence-electron chi connectivity index (χ1n) is 3.60. The Bertz CT molecular complexity index is 394. The quantitative estimate of drug-likeness (QED) is 0.576. The first-order valence-corrected chi connectivity index (χ1v) is 4.51. The van der Waals surface area contributed by atoms with Gasteiger partial charge >= 0.3 is 0 Å². The second-order valence-electron chi connectivity index (χ2n) is 2.58. The highest BCUT2D eigenvalue weighted by atomic mass is 79.9. The van der Waals surface area contributed by atoms with Crippen LogP contribution in [0.1, 0.15) is 10.5 Å². The summed E-state index contributed by atoms with van der Waals surface area (Å²) in [6.45, 7) is 0. The molecule has 0 spiro atoms. The van der Waals surface area contributed by atoms with E-state index in [1.165, 1.54) is 0 Å². The Balaban J connectivity index is 2.60. The van der Waals surface area contributed by atoms with Crippen molar-refractivity contribution in [2.24, 2.45) is 5.73 Å². The van der Waals surface area contributed by atoms with Crippen LogP contribution >= 0.6 is 15.9 Å². The van der Waals surface area contributed by atoms with E-state index in [1.807, 2.05) is 18.2 Å². The minimum absolute atomic E-state index is 0.106. The molecule has 2 rings (SSSR count). The summed E-state index contributed by atoms with van der Waals surface area (Å²) < 4.78 is 0. The smallest absolute Gasteiger partial charge is 0.0931 e. The minimum Gasteiger partial charge on any atom is -0.345 e. The molecule has 0 aliphatic carbocycles. The van der Waals surface area contributed by atoms with Crippen molar-refractivity contribution in [3.63, 3.8) is 0 Å². The van der Waals surface area contributed by atoms with Gasteiger partial charge in [0.2, 0.25) is 0 Å². The summed E-state index contributed by atoms with van der Waals surface area (Å²) in [5.41, 5.74) is 8.68. The number of rotatable bonds is 1. The topological polar surface area (TPSA) is 54.7 Å². The third-order valence-corrected chi connectivity index (χ3v) is 2.29. The van der Waals surface area contributed by atoms with Crippen molar-refractivity contribution < 1.29 is 0 Å². The monoisotopic (exact) mass is 225 g/mol. The average molecular weight is 226 g/mol. The summed E-state index contributed by atoms with van der Waals surface area (Å²) in [6, 6.07) is 5.90. The van der Waals surface area contributed by atoms with Crippen LogP contribution in [0.5, 0.6) is 0 Å². The van der Waals surface area contributed by atoms with Gasteiger partial charge < -0.3 is 10.7 Å². The molecule has 0 aliphatic heterocycles. The molecule has 3 N–H and O–H groups in total. The van der Waals surface area contributed by atoms with Crippen LogP contribution in [0.25, 0.3) is 11.0 Å². The first kappa shape index (κ1) is 7.76.